The van der Waals surface area contributed by atoms with Crippen molar-refractivity contribution in [3.63, 3.8) is 0 Å². The number of nitrogens with zero attached hydrogens (tertiary/aromatic N) is 1. The van der Waals surface area contributed by atoms with Crippen LogP contribution < -0.4 is 10.5 Å². The Morgan fingerprint density at radius 3 is 2.71 bits per heavy atom. The van der Waals surface area contributed by atoms with Crippen LogP contribution in [0.2, 0.25) is 0 Å². The van der Waals surface area contributed by atoms with E-state index in [0.29, 0.717) is 0 Å². The first kappa shape index (κ1) is 13.6. The SMILES string of the molecule is CC(C)Oc1ccc2c(ccn2Cc2cccc(N)c2)c1. The van der Waals surface area contributed by atoms with E-state index in [1.807, 2.05) is 38.1 Å². The number of fused-ring (bicyclic) bond motifs is 1. The van der Waals surface area contributed by atoms with E-state index >= 15 is 0 Å². The van der Waals surface area contributed by atoms with Crippen LogP contribution in [0.25, 0.3) is 10.9 Å². The van der Waals surface area contributed by atoms with E-state index in [-0.39, 0.29) is 6.10 Å². The zero-order valence-electron chi connectivity index (χ0n) is 12.4. The highest BCUT2D eigenvalue weighted by Gasteiger charge is 2.05. The van der Waals surface area contributed by atoms with Crippen molar-refractivity contribution < 1.29 is 4.74 Å². The van der Waals surface area contributed by atoms with Crippen molar-refractivity contribution in [1.82, 2.24) is 4.57 Å². The second-order valence-corrected chi connectivity index (χ2v) is 5.58. The number of benzene rings is 2. The first-order chi connectivity index (χ1) is 10.1. The number of nitrogen functional groups attached to an aromatic ring is 1. The van der Waals surface area contributed by atoms with E-state index in [0.717, 1.165) is 18.0 Å². The van der Waals surface area contributed by atoms with Crippen LogP contribution in [0.5, 0.6) is 5.75 Å². The summed E-state index contributed by atoms with van der Waals surface area (Å²) < 4.78 is 7.97. The number of ether oxygens (including phenoxy) is 1. The van der Waals surface area contributed by atoms with Gasteiger partial charge in [0.25, 0.3) is 0 Å². The lowest BCUT2D eigenvalue weighted by Gasteiger charge is -2.10. The average molecular weight is 280 g/mol. The van der Waals surface area contributed by atoms with Crippen molar-refractivity contribution in [2.45, 2.75) is 26.5 Å². The standard InChI is InChI=1S/C18H20N2O/c1-13(2)21-17-6-7-18-15(11-17)8-9-20(18)12-14-4-3-5-16(19)10-14/h3-11,13H,12,19H2,1-2H3. The molecule has 2 N–H and O–H groups in total. The molecule has 3 aromatic rings. The minimum Gasteiger partial charge on any atom is -0.491 e. The molecule has 3 nitrogen and oxygen atoms in total. The highest BCUT2D eigenvalue weighted by Crippen LogP contribution is 2.23. The summed E-state index contributed by atoms with van der Waals surface area (Å²) in [5.41, 5.74) is 9.05. The van der Waals surface area contributed by atoms with Crippen LogP contribution in [-0.4, -0.2) is 10.7 Å². The summed E-state index contributed by atoms with van der Waals surface area (Å²) >= 11 is 0. The Kier molecular flexibility index (Phi) is 3.57. The lowest BCUT2D eigenvalue weighted by molar-refractivity contribution is 0.243. The summed E-state index contributed by atoms with van der Waals surface area (Å²) in [4.78, 5) is 0. The number of rotatable bonds is 4. The Morgan fingerprint density at radius 1 is 1.10 bits per heavy atom. The van der Waals surface area contributed by atoms with Gasteiger partial charge in [0.15, 0.2) is 0 Å². The molecule has 3 heteroatoms. The number of hydrogen-bond acceptors (Lipinski definition) is 2. The molecule has 0 saturated heterocycles. The molecular formula is C18H20N2O. The topological polar surface area (TPSA) is 40.2 Å². The average Bonchev–Trinajstić information content (AvgIpc) is 2.81. The minimum atomic E-state index is 0.192. The first-order valence-corrected chi connectivity index (χ1v) is 7.22. The Hall–Kier alpha value is -2.42. The van der Waals surface area contributed by atoms with Gasteiger partial charge in [0.05, 0.1) is 6.10 Å². The van der Waals surface area contributed by atoms with E-state index in [2.05, 4.69) is 35.0 Å². The maximum absolute atomic E-state index is 5.84. The van der Waals surface area contributed by atoms with Crippen LogP contribution in [0.15, 0.2) is 54.7 Å². The van der Waals surface area contributed by atoms with Crippen LogP contribution in [0.3, 0.4) is 0 Å². The molecule has 0 atom stereocenters. The van der Waals surface area contributed by atoms with Crippen LogP contribution in [0.1, 0.15) is 19.4 Å². The van der Waals surface area contributed by atoms with E-state index in [1.165, 1.54) is 16.5 Å². The van der Waals surface area contributed by atoms with Gasteiger partial charge in [-0.1, -0.05) is 12.1 Å². The molecule has 21 heavy (non-hydrogen) atoms. The molecule has 0 bridgehead atoms. The normalized spacial score (nSPS) is 11.2. The molecule has 0 unspecified atom stereocenters. The largest absolute Gasteiger partial charge is 0.491 e. The molecule has 0 aliphatic rings. The van der Waals surface area contributed by atoms with Crippen LogP contribution in [0, 0.1) is 0 Å². The van der Waals surface area contributed by atoms with Crippen molar-refractivity contribution >= 4 is 16.6 Å². The molecule has 0 amide bonds. The Balaban J connectivity index is 1.90. The summed E-state index contributed by atoms with van der Waals surface area (Å²) in [6.07, 6.45) is 2.30. The zero-order chi connectivity index (χ0) is 14.8. The fourth-order valence-electron chi connectivity index (χ4n) is 2.55. The summed E-state index contributed by atoms with van der Waals surface area (Å²) in [6.45, 7) is 4.89. The highest BCUT2D eigenvalue weighted by atomic mass is 16.5. The summed E-state index contributed by atoms with van der Waals surface area (Å²) in [6, 6.07) is 16.4. The second kappa shape index (κ2) is 5.52. The monoisotopic (exact) mass is 280 g/mol. The van der Waals surface area contributed by atoms with Crippen molar-refractivity contribution in [3.05, 3.63) is 60.3 Å². The third-order valence-corrected chi connectivity index (χ3v) is 3.42. The summed E-state index contributed by atoms with van der Waals surface area (Å²) in [5.74, 6) is 0.916. The summed E-state index contributed by atoms with van der Waals surface area (Å²) in [7, 11) is 0. The van der Waals surface area contributed by atoms with E-state index < -0.39 is 0 Å². The Labute approximate surface area is 125 Å². The second-order valence-electron chi connectivity index (χ2n) is 5.58. The summed E-state index contributed by atoms with van der Waals surface area (Å²) in [5, 5.41) is 1.19. The van der Waals surface area contributed by atoms with Gasteiger partial charge < -0.3 is 15.0 Å². The van der Waals surface area contributed by atoms with Gasteiger partial charge in [-0.25, -0.2) is 0 Å². The molecule has 0 radical (unpaired) electrons. The van der Waals surface area contributed by atoms with Crippen LogP contribution in [0.4, 0.5) is 5.69 Å². The highest BCUT2D eigenvalue weighted by molar-refractivity contribution is 5.81. The van der Waals surface area contributed by atoms with Crippen LogP contribution >= 0.6 is 0 Å². The lowest BCUT2D eigenvalue weighted by Crippen LogP contribution is -2.05. The van der Waals surface area contributed by atoms with Crippen molar-refractivity contribution in [2.24, 2.45) is 0 Å². The van der Waals surface area contributed by atoms with E-state index in [4.69, 9.17) is 10.5 Å². The molecule has 108 valence electrons. The molecule has 0 aliphatic carbocycles. The number of hydrogen-bond donors (Lipinski definition) is 1. The van der Waals surface area contributed by atoms with Gasteiger partial charge in [0, 0.05) is 29.3 Å². The molecule has 0 aliphatic heterocycles. The van der Waals surface area contributed by atoms with Gasteiger partial charge in [-0.3, -0.25) is 0 Å². The molecule has 0 fully saturated rings. The quantitative estimate of drug-likeness (QED) is 0.732. The number of nitrogens with two attached hydrogens (primary N) is 1. The predicted molar refractivity (Wildman–Crippen MR) is 87.7 cm³/mol. The Morgan fingerprint density at radius 2 is 1.95 bits per heavy atom. The number of anilines is 1. The molecule has 2 aromatic carbocycles. The van der Waals surface area contributed by atoms with E-state index in [9.17, 15) is 0 Å². The molecule has 0 spiro atoms. The van der Waals surface area contributed by atoms with Gasteiger partial charge in [-0.2, -0.15) is 0 Å². The van der Waals surface area contributed by atoms with Gasteiger partial charge in [0.1, 0.15) is 5.75 Å². The fraction of sp³-hybridized carbons (Fsp3) is 0.222. The zero-order valence-corrected chi connectivity index (χ0v) is 12.4. The third-order valence-electron chi connectivity index (χ3n) is 3.42. The van der Waals surface area contributed by atoms with Gasteiger partial charge in [-0.15, -0.1) is 0 Å². The minimum absolute atomic E-state index is 0.192. The molecule has 0 saturated carbocycles. The lowest BCUT2D eigenvalue weighted by atomic mass is 10.2. The molecule has 3 rings (SSSR count). The Bertz CT molecular complexity index is 759. The van der Waals surface area contributed by atoms with Crippen molar-refractivity contribution in [2.75, 3.05) is 5.73 Å². The fourth-order valence-corrected chi connectivity index (χ4v) is 2.55. The van der Waals surface area contributed by atoms with Crippen molar-refractivity contribution in [1.29, 1.82) is 0 Å². The third kappa shape index (κ3) is 3.02. The van der Waals surface area contributed by atoms with Gasteiger partial charge in [0.2, 0.25) is 0 Å². The maximum Gasteiger partial charge on any atom is 0.120 e. The maximum atomic E-state index is 5.84. The number of aromatic nitrogens is 1. The van der Waals surface area contributed by atoms with Crippen LogP contribution in [-0.2, 0) is 6.54 Å². The van der Waals surface area contributed by atoms with E-state index in [1.54, 1.807) is 0 Å². The smallest absolute Gasteiger partial charge is 0.120 e. The predicted octanol–water partition coefficient (Wildman–Crippen LogP) is 4.06. The van der Waals surface area contributed by atoms with Gasteiger partial charge in [-0.05, 0) is 55.8 Å². The first-order valence-electron chi connectivity index (χ1n) is 7.22. The van der Waals surface area contributed by atoms with Crippen molar-refractivity contribution in [3.8, 4) is 5.75 Å². The molecule has 1 heterocycles. The molecule has 1 aromatic heterocycles. The molecular weight excluding hydrogens is 260 g/mol. The van der Waals surface area contributed by atoms with Gasteiger partial charge >= 0.3 is 0 Å².